The number of benzene rings is 1. The van der Waals surface area contributed by atoms with Gasteiger partial charge in [0.1, 0.15) is 0 Å². The van der Waals surface area contributed by atoms with Crippen LogP contribution in [-0.4, -0.2) is 0 Å². The van der Waals surface area contributed by atoms with Crippen molar-refractivity contribution in [3.63, 3.8) is 0 Å². The van der Waals surface area contributed by atoms with Crippen LogP contribution in [0, 0.1) is 0 Å². The molecule has 0 unspecified atom stereocenters. The van der Waals surface area contributed by atoms with E-state index in [1.54, 1.807) is 12.1 Å². The molecule has 0 bridgehead atoms. The normalized spacial score (nSPS) is 7.90. The number of rotatable bonds is 0. The molecule has 0 saturated heterocycles. The fourth-order valence-corrected chi connectivity index (χ4v) is 0.420. The Bertz CT molecular complexity index is 151. The molecule has 1 aromatic rings. The Kier molecular flexibility index (Phi) is 6.52. The molecule has 0 fully saturated rings. The quantitative estimate of drug-likeness (QED) is 0.568. The second-order valence-electron chi connectivity index (χ2n) is 1.81. The van der Waals surface area contributed by atoms with Gasteiger partial charge in [-0.3, -0.25) is 0 Å². The van der Waals surface area contributed by atoms with Crippen LogP contribution in [0.4, 0.5) is 0 Å². The SMILES string of the molecule is C[CH2][Zn+].[O-]c1ccccc1. The average Bonchev–Trinajstić information content (AvgIpc) is 1.91. The summed E-state index contributed by atoms with van der Waals surface area (Å²) in [5, 5.41) is 11.6. The summed E-state index contributed by atoms with van der Waals surface area (Å²) >= 11 is 1.44. The standard InChI is InChI=1S/C6H6O.C2H5.Zn/c7-6-4-2-1-3-5-6;1-2;/h1-5,7H;1H2,2H3;/q;;+1/p-1. The topological polar surface area (TPSA) is 23.1 Å². The van der Waals surface area contributed by atoms with Crippen LogP contribution in [0.2, 0.25) is 5.02 Å². The Hall–Kier alpha value is -0.357. The first-order chi connectivity index (χ1) is 4.81. The largest absolute Gasteiger partial charge is 0.872 e. The maximum absolute atomic E-state index is 10.3. The van der Waals surface area contributed by atoms with Crippen LogP contribution < -0.4 is 5.11 Å². The summed E-state index contributed by atoms with van der Waals surface area (Å²) in [6.07, 6.45) is 0. The molecule has 0 aromatic heterocycles. The third kappa shape index (κ3) is 5.77. The maximum Gasteiger partial charge on any atom is -0.0623 e. The molecule has 1 aromatic carbocycles. The van der Waals surface area contributed by atoms with Crippen LogP contribution in [0.3, 0.4) is 0 Å². The molecule has 1 nitrogen and oxygen atoms in total. The molecule has 0 amide bonds. The molecule has 2 heteroatoms. The Morgan fingerprint density at radius 2 is 1.70 bits per heavy atom. The number of para-hydroxylation sites is 1. The molecule has 10 heavy (non-hydrogen) atoms. The molecular formula is C8H10OZn. The summed E-state index contributed by atoms with van der Waals surface area (Å²) in [5.74, 6) is 0.0718. The van der Waals surface area contributed by atoms with Gasteiger partial charge >= 0.3 is 30.2 Å². The van der Waals surface area contributed by atoms with Crippen molar-refractivity contribution >= 4 is 0 Å². The first-order valence-electron chi connectivity index (χ1n) is 3.32. The van der Waals surface area contributed by atoms with E-state index in [0.717, 1.165) is 0 Å². The second kappa shape index (κ2) is 6.76. The van der Waals surface area contributed by atoms with Gasteiger partial charge in [0.25, 0.3) is 0 Å². The van der Waals surface area contributed by atoms with Gasteiger partial charge in [-0.2, -0.15) is 0 Å². The van der Waals surface area contributed by atoms with Gasteiger partial charge in [-0.1, -0.05) is 30.3 Å². The molecule has 0 aliphatic rings. The van der Waals surface area contributed by atoms with Crippen molar-refractivity contribution in [2.45, 2.75) is 11.9 Å². The summed E-state index contributed by atoms with van der Waals surface area (Å²) in [6.45, 7) is 2.18. The van der Waals surface area contributed by atoms with E-state index in [4.69, 9.17) is 0 Å². The van der Waals surface area contributed by atoms with Crippen LogP contribution in [0.25, 0.3) is 0 Å². The summed E-state index contributed by atoms with van der Waals surface area (Å²) in [4.78, 5) is 0. The van der Waals surface area contributed by atoms with Crippen molar-refractivity contribution < 1.29 is 23.4 Å². The summed E-state index contributed by atoms with van der Waals surface area (Å²) in [6, 6.07) is 8.33. The van der Waals surface area contributed by atoms with Crippen LogP contribution >= 0.6 is 0 Å². The van der Waals surface area contributed by atoms with Gasteiger partial charge in [-0.05, 0) is 0 Å². The Labute approximate surface area is 71.8 Å². The van der Waals surface area contributed by atoms with E-state index in [2.05, 4.69) is 6.92 Å². The first-order valence-corrected chi connectivity index (χ1v) is 5.42. The summed E-state index contributed by atoms with van der Waals surface area (Å²) in [7, 11) is 0. The molecule has 0 radical (unpaired) electrons. The van der Waals surface area contributed by atoms with Crippen molar-refractivity contribution in [3.05, 3.63) is 30.3 Å². The van der Waals surface area contributed by atoms with Crippen LogP contribution in [0.5, 0.6) is 5.75 Å². The Morgan fingerprint density at radius 3 is 1.90 bits per heavy atom. The smallest absolute Gasteiger partial charge is 0.0623 e. The Morgan fingerprint density at radius 1 is 1.30 bits per heavy atom. The van der Waals surface area contributed by atoms with Gasteiger partial charge in [0, 0.05) is 0 Å². The molecule has 0 atom stereocenters. The summed E-state index contributed by atoms with van der Waals surface area (Å²) < 4.78 is 0. The first kappa shape index (κ1) is 9.64. The van der Waals surface area contributed by atoms with Crippen molar-refractivity contribution in [3.8, 4) is 5.75 Å². The zero-order chi connectivity index (χ0) is 7.82. The summed E-state index contributed by atoms with van der Waals surface area (Å²) in [5.41, 5.74) is 0. The fraction of sp³-hybridized carbons (Fsp3) is 0.250. The van der Waals surface area contributed by atoms with Crippen molar-refractivity contribution in [1.29, 1.82) is 0 Å². The molecule has 0 aliphatic heterocycles. The third-order valence-corrected chi connectivity index (χ3v) is 0.743. The van der Waals surface area contributed by atoms with Crippen LogP contribution in [-0.2, 0) is 18.3 Å². The van der Waals surface area contributed by atoms with Gasteiger partial charge < -0.3 is 5.11 Å². The van der Waals surface area contributed by atoms with Gasteiger partial charge in [0.15, 0.2) is 0 Å². The predicted octanol–water partition coefficient (Wildman–Crippen LogP) is 1.73. The van der Waals surface area contributed by atoms with Crippen molar-refractivity contribution in [2.24, 2.45) is 0 Å². The second-order valence-corrected chi connectivity index (χ2v) is 3.91. The van der Waals surface area contributed by atoms with Crippen LogP contribution in [0.15, 0.2) is 30.3 Å². The third-order valence-electron chi connectivity index (χ3n) is 0.743. The van der Waals surface area contributed by atoms with Crippen molar-refractivity contribution in [2.75, 3.05) is 0 Å². The monoisotopic (exact) mass is 186 g/mol. The minimum atomic E-state index is 0.0718. The molecule has 0 aliphatic carbocycles. The minimum Gasteiger partial charge on any atom is -0.872 e. The zero-order valence-electron chi connectivity index (χ0n) is 6.21. The van der Waals surface area contributed by atoms with E-state index in [9.17, 15) is 5.11 Å². The minimum absolute atomic E-state index is 0.0718. The fourth-order valence-electron chi connectivity index (χ4n) is 0.420. The number of hydrogen-bond acceptors (Lipinski definition) is 1. The maximum atomic E-state index is 10.3. The number of hydrogen-bond donors (Lipinski definition) is 0. The van der Waals surface area contributed by atoms with E-state index in [1.165, 1.54) is 35.5 Å². The molecule has 50 valence electrons. The molecule has 0 heterocycles. The average molecular weight is 188 g/mol. The van der Waals surface area contributed by atoms with E-state index in [0.29, 0.717) is 0 Å². The van der Waals surface area contributed by atoms with Gasteiger partial charge in [0.2, 0.25) is 0 Å². The van der Waals surface area contributed by atoms with Gasteiger partial charge in [-0.25, -0.2) is 0 Å². The predicted molar refractivity (Wildman–Crippen MR) is 36.4 cm³/mol. The molecular weight excluding hydrogens is 177 g/mol. The Balaban J connectivity index is 0.000000236. The molecule has 0 saturated carbocycles. The van der Waals surface area contributed by atoms with Gasteiger partial charge in [-0.15, -0.1) is 5.75 Å². The van der Waals surface area contributed by atoms with E-state index in [-0.39, 0.29) is 5.75 Å². The zero-order valence-corrected chi connectivity index (χ0v) is 9.18. The molecule has 1 rings (SSSR count). The van der Waals surface area contributed by atoms with Crippen LogP contribution in [0.1, 0.15) is 6.92 Å². The molecule has 0 spiro atoms. The van der Waals surface area contributed by atoms with E-state index < -0.39 is 0 Å². The van der Waals surface area contributed by atoms with Gasteiger partial charge in [0.05, 0.1) is 0 Å². The van der Waals surface area contributed by atoms with E-state index in [1.807, 2.05) is 6.07 Å². The van der Waals surface area contributed by atoms with E-state index >= 15 is 0 Å². The van der Waals surface area contributed by atoms with Crippen molar-refractivity contribution in [1.82, 2.24) is 0 Å². The molecule has 0 N–H and O–H groups in total.